The Bertz CT molecular complexity index is 1100. The maximum absolute atomic E-state index is 12.2. The predicted molar refractivity (Wildman–Crippen MR) is 129 cm³/mol. The van der Waals surface area contributed by atoms with Gasteiger partial charge in [0.15, 0.2) is 0 Å². The number of nitrogens with one attached hydrogen (secondary N) is 1. The number of carbonyl (C=O) groups excluding carboxylic acids is 1. The lowest BCUT2D eigenvalue weighted by Crippen LogP contribution is -2.49. The number of nitrogens with zero attached hydrogens (tertiary/aromatic N) is 3. The summed E-state index contributed by atoms with van der Waals surface area (Å²) in [6, 6.07) is 7.41. The van der Waals surface area contributed by atoms with Crippen LogP contribution in [0, 0.1) is 20.8 Å². The van der Waals surface area contributed by atoms with Crippen LogP contribution in [0.4, 0.5) is 16.3 Å². The molecule has 0 radical (unpaired) electrons. The molecule has 1 aliphatic rings. The van der Waals surface area contributed by atoms with Crippen LogP contribution in [0.15, 0.2) is 24.3 Å². The highest BCUT2D eigenvalue weighted by Crippen LogP contribution is 2.35. The van der Waals surface area contributed by atoms with Gasteiger partial charge in [-0.2, -0.15) is 4.98 Å². The normalized spacial score (nSPS) is 14.4. The molecule has 0 bridgehead atoms. The number of anilines is 2. The third kappa shape index (κ3) is 6.50. The summed E-state index contributed by atoms with van der Waals surface area (Å²) >= 11 is 0. The smallest absolute Gasteiger partial charge is 0.410 e. The molecule has 1 fully saturated rings. The molecule has 0 spiro atoms. The summed E-state index contributed by atoms with van der Waals surface area (Å²) in [5.41, 5.74) is 3.24. The largest absolute Gasteiger partial charge is 0.447 e. The van der Waals surface area contributed by atoms with E-state index < -0.39 is 10.0 Å². The summed E-state index contributed by atoms with van der Waals surface area (Å²) in [4.78, 5) is 20.5. The molecule has 1 aliphatic heterocycles. The van der Waals surface area contributed by atoms with Crippen molar-refractivity contribution in [2.24, 2.45) is 0 Å². The number of aromatic nitrogens is 1. The van der Waals surface area contributed by atoms with Gasteiger partial charge in [-0.05, 0) is 57.9 Å². The number of aryl methyl sites for hydroxylation is 3. The average Bonchev–Trinajstić information content (AvgIpc) is 2.70. The van der Waals surface area contributed by atoms with Gasteiger partial charge in [-0.15, -0.1) is 0 Å². The quantitative estimate of drug-likeness (QED) is 0.676. The summed E-state index contributed by atoms with van der Waals surface area (Å²) in [5, 5.41) is 0. The molecule has 9 nitrogen and oxygen atoms in total. The Hall–Kier alpha value is -3.01. The topological polar surface area (TPSA) is 101 Å². The van der Waals surface area contributed by atoms with Gasteiger partial charge in [0.2, 0.25) is 15.9 Å². The molecule has 2 heterocycles. The zero-order chi connectivity index (χ0) is 24.3. The standard InChI is InChI=1S/C23H32N4O5S/c1-15(2)31-23(28)27-11-9-26(10-12-27)20-8-7-19(25-33(6,29)30)22(24-20)32-21-17(4)13-16(3)14-18(21)5/h7-8,13-15,25H,9-12H2,1-6H3. The minimum atomic E-state index is -3.53. The lowest BCUT2D eigenvalue weighted by molar-refractivity contribution is 0.0751. The van der Waals surface area contributed by atoms with Crippen molar-refractivity contribution in [1.29, 1.82) is 0 Å². The second-order valence-corrected chi connectivity index (χ2v) is 10.4. The molecule has 1 aromatic heterocycles. The van der Waals surface area contributed by atoms with Crippen molar-refractivity contribution in [2.45, 2.75) is 40.7 Å². The van der Waals surface area contributed by atoms with Gasteiger partial charge < -0.3 is 19.3 Å². The van der Waals surface area contributed by atoms with Crippen LogP contribution in [0.25, 0.3) is 0 Å². The predicted octanol–water partition coefficient (Wildman–Crippen LogP) is 3.84. The SMILES string of the molecule is Cc1cc(C)c(Oc2nc(N3CCN(C(=O)OC(C)C)CC3)ccc2NS(C)(=O)=O)c(C)c1. The molecule has 1 N–H and O–H groups in total. The number of ether oxygens (including phenoxy) is 2. The monoisotopic (exact) mass is 476 g/mol. The van der Waals surface area contributed by atoms with Crippen molar-refractivity contribution in [2.75, 3.05) is 42.1 Å². The van der Waals surface area contributed by atoms with E-state index >= 15 is 0 Å². The number of hydrogen-bond acceptors (Lipinski definition) is 7. The Morgan fingerprint density at radius 2 is 1.67 bits per heavy atom. The fraction of sp³-hybridized carbons (Fsp3) is 0.478. The average molecular weight is 477 g/mol. The Morgan fingerprint density at radius 3 is 2.21 bits per heavy atom. The first-order valence-electron chi connectivity index (χ1n) is 10.9. The first kappa shape index (κ1) is 24.6. The van der Waals surface area contributed by atoms with Crippen molar-refractivity contribution < 1.29 is 22.7 Å². The fourth-order valence-electron chi connectivity index (χ4n) is 3.78. The van der Waals surface area contributed by atoms with E-state index in [0.29, 0.717) is 37.7 Å². The molecule has 10 heteroatoms. The van der Waals surface area contributed by atoms with E-state index in [4.69, 9.17) is 9.47 Å². The van der Waals surface area contributed by atoms with Crippen LogP contribution in [0.3, 0.4) is 0 Å². The third-order valence-electron chi connectivity index (χ3n) is 5.14. The first-order valence-corrected chi connectivity index (χ1v) is 12.8. The highest BCUT2D eigenvalue weighted by molar-refractivity contribution is 7.92. The van der Waals surface area contributed by atoms with E-state index in [-0.39, 0.29) is 23.8 Å². The lowest BCUT2D eigenvalue weighted by Gasteiger charge is -2.35. The Morgan fingerprint density at radius 1 is 1.06 bits per heavy atom. The van der Waals surface area contributed by atoms with E-state index in [0.717, 1.165) is 22.9 Å². The number of amides is 1. The van der Waals surface area contributed by atoms with Gasteiger partial charge in [-0.3, -0.25) is 4.72 Å². The summed E-state index contributed by atoms with van der Waals surface area (Å²) < 4.78 is 37.7. The zero-order valence-electron chi connectivity index (χ0n) is 20.0. The zero-order valence-corrected chi connectivity index (χ0v) is 20.8. The van der Waals surface area contributed by atoms with E-state index in [1.54, 1.807) is 17.0 Å². The van der Waals surface area contributed by atoms with E-state index in [9.17, 15) is 13.2 Å². The van der Waals surface area contributed by atoms with Gasteiger partial charge in [0, 0.05) is 26.2 Å². The molecule has 33 heavy (non-hydrogen) atoms. The van der Waals surface area contributed by atoms with Crippen LogP contribution >= 0.6 is 0 Å². The number of sulfonamides is 1. The number of hydrogen-bond donors (Lipinski definition) is 1. The van der Waals surface area contributed by atoms with E-state index in [1.165, 1.54) is 0 Å². The third-order valence-corrected chi connectivity index (χ3v) is 5.73. The van der Waals surface area contributed by atoms with Gasteiger partial charge in [0.25, 0.3) is 0 Å². The Kier molecular flexibility index (Phi) is 7.36. The molecular weight excluding hydrogens is 444 g/mol. The van der Waals surface area contributed by atoms with E-state index in [2.05, 4.69) is 9.71 Å². The Balaban J connectivity index is 1.86. The van der Waals surface area contributed by atoms with Crippen LogP contribution in [-0.2, 0) is 14.8 Å². The summed E-state index contributed by atoms with van der Waals surface area (Å²) in [7, 11) is -3.53. The maximum Gasteiger partial charge on any atom is 0.410 e. The van der Waals surface area contributed by atoms with E-state index in [1.807, 2.05) is 51.7 Å². The number of benzene rings is 1. The lowest BCUT2D eigenvalue weighted by atomic mass is 10.1. The molecule has 2 aromatic rings. The molecular formula is C23H32N4O5S. The summed E-state index contributed by atoms with van der Waals surface area (Å²) in [5.74, 6) is 1.46. The molecule has 1 aromatic carbocycles. The summed E-state index contributed by atoms with van der Waals surface area (Å²) in [6.45, 7) is 11.7. The van der Waals surface area contributed by atoms with Gasteiger partial charge in [0.1, 0.15) is 17.3 Å². The first-order chi connectivity index (χ1) is 15.4. The molecule has 0 atom stereocenters. The second kappa shape index (κ2) is 9.86. The van der Waals surface area contributed by atoms with Gasteiger partial charge >= 0.3 is 6.09 Å². The minimum absolute atomic E-state index is 0.166. The number of rotatable bonds is 6. The molecule has 0 saturated carbocycles. The highest BCUT2D eigenvalue weighted by atomic mass is 32.2. The van der Waals surface area contributed by atoms with Crippen molar-refractivity contribution in [3.05, 3.63) is 41.0 Å². The van der Waals surface area contributed by atoms with Gasteiger partial charge in [-0.25, -0.2) is 13.2 Å². The minimum Gasteiger partial charge on any atom is -0.447 e. The van der Waals surface area contributed by atoms with Crippen LogP contribution in [0.1, 0.15) is 30.5 Å². The number of carbonyl (C=O) groups is 1. The summed E-state index contributed by atoms with van der Waals surface area (Å²) in [6.07, 6.45) is 0.600. The van der Waals surface area contributed by atoms with Crippen molar-refractivity contribution in [1.82, 2.24) is 9.88 Å². The Labute approximate surface area is 195 Å². The van der Waals surface area contributed by atoms with Crippen molar-refractivity contribution >= 4 is 27.6 Å². The van der Waals surface area contributed by atoms with Crippen LogP contribution < -0.4 is 14.4 Å². The number of pyridine rings is 1. The maximum atomic E-state index is 12.2. The highest BCUT2D eigenvalue weighted by Gasteiger charge is 2.25. The molecule has 0 aliphatic carbocycles. The van der Waals surface area contributed by atoms with Crippen LogP contribution in [0.2, 0.25) is 0 Å². The molecule has 180 valence electrons. The van der Waals surface area contributed by atoms with Crippen LogP contribution in [-0.4, -0.2) is 62.9 Å². The second-order valence-electron chi connectivity index (χ2n) is 8.63. The molecule has 0 unspecified atom stereocenters. The van der Waals surface area contributed by atoms with Gasteiger partial charge in [0.05, 0.1) is 12.4 Å². The molecule has 1 amide bonds. The number of piperazine rings is 1. The van der Waals surface area contributed by atoms with Crippen molar-refractivity contribution in [3.8, 4) is 11.6 Å². The molecule has 1 saturated heterocycles. The van der Waals surface area contributed by atoms with Crippen molar-refractivity contribution in [3.63, 3.8) is 0 Å². The van der Waals surface area contributed by atoms with Crippen LogP contribution in [0.5, 0.6) is 11.6 Å². The molecule has 3 rings (SSSR count). The fourth-order valence-corrected chi connectivity index (χ4v) is 4.34. The van der Waals surface area contributed by atoms with Gasteiger partial charge in [-0.1, -0.05) is 17.7 Å².